The van der Waals surface area contributed by atoms with Crippen LogP contribution in [0.3, 0.4) is 0 Å². The minimum Gasteiger partial charge on any atom is -0.493 e. The van der Waals surface area contributed by atoms with Gasteiger partial charge in [0.2, 0.25) is 0 Å². The van der Waals surface area contributed by atoms with Crippen LogP contribution in [0.5, 0.6) is 11.5 Å². The monoisotopic (exact) mass is 448 g/mol. The average molecular weight is 449 g/mol. The van der Waals surface area contributed by atoms with Crippen molar-refractivity contribution in [3.63, 3.8) is 0 Å². The quantitative estimate of drug-likeness (QED) is 0.309. The smallest absolute Gasteiger partial charge is 0.282 e. The highest BCUT2D eigenvalue weighted by molar-refractivity contribution is 6.31. The van der Waals surface area contributed by atoms with E-state index < -0.39 is 11.8 Å². The highest BCUT2D eigenvalue weighted by Crippen LogP contribution is 2.23. The van der Waals surface area contributed by atoms with Crippen molar-refractivity contribution in [1.29, 1.82) is 0 Å². The number of hydrazine groups is 1. The molecule has 0 aromatic heterocycles. The van der Waals surface area contributed by atoms with Crippen LogP contribution in [0.2, 0.25) is 5.02 Å². The Morgan fingerprint density at radius 1 is 0.844 bits per heavy atom. The molecular formula is C25H21ClN2O4. The second-order valence-electron chi connectivity index (χ2n) is 7.05. The summed E-state index contributed by atoms with van der Waals surface area (Å²) in [6.07, 6.45) is 2.26. The molecule has 3 aromatic rings. The van der Waals surface area contributed by atoms with Crippen LogP contribution in [-0.4, -0.2) is 25.0 Å². The Labute approximate surface area is 191 Å². The van der Waals surface area contributed by atoms with Crippen LogP contribution in [0.1, 0.15) is 12.0 Å². The van der Waals surface area contributed by atoms with E-state index in [2.05, 4.69) is 5.43 Å². The molecule has 1 heterocycles. The van der Waals surface area contributed by atoms with Gasteiger partial charge in [0.25, 0.3) is 11.8 Å². The Kier molecular flexibility index (Phi) is 6.72. The molecule has 32 heavy (non-hydrogen) atoms. The number of ether oxygens (including phenoxy) is 2. The fourth-order valence-corrected chi connectivity index (χ4v) is 3.27. The molecule has 0 saturated carbocycles. The van der Waals surface area contributed by atoms with Gasteiger partial charge in [0.05, 0.1) is 18.9 Å². The number of benzene rings is 3. The second-order valence-corrected chi connectivity index (χ2v) is 7.49. The first-order chi connectivity index (χ1) is 15.6. The van der Waals surface area contributed by atoms with Crippen molar-refractivity contribution < 1.29 is 19.1 Å². The molecule has 4 rings (SSSR count). The normalized spacial score (nSPS) is 14.5. The van der Waals surface area contributed by atoms with Crippen molar-refractivity contribution in [1.82, 2.24) is 5.43 Å². The van der Waals surface area contributed by atoms with Crippen LogP contribution < -0.4 is 19.9 Å². The topological polar surface area (TPSA) is 67.9 Å². The summed E-state index contributed by atoms with van der Waals surface area (Å²) in [4.78, 5) is 25.0. The maximum absolute atomic E-state index is 12.7. The number of rotatable bonds is 8. The van der Waals surface area contributed by atoms with E-state index in [0.29, 0.717) is 41.7 Å². The van der Waals surface area contributed by atoms with Gasteiger partial charge >= 0.3 is 0 Å². The van der Waals surface area contributed by atoms with E-state index in [1.807, 2.05) is 36.4 Å². The first-order valence-corrected chi connectivity index (χ1v) is 10.5. The van der Waals surface area contributed by atoms with Gasteiger partial charge in [0.1, 0.15) is 17.1 Å². The summed E-state index contributed by atoms with van der Waals surface area (Å²) in [7, 11) is 0. The summed E-state index contributed by atoms with van der Waals surface area (Å²) in [5.41, 5.74) is 3.97. The Balaban J connectivity index is 1.33. The molecule has 162 valence electrons. The first kappa shape index (κ1) is 21.5. The maximum Gasteiger partial charge on any atom is 0.282 e. The largest absolute Gasteiger partial charge is 0.493 e. The Hall–Kier alpha value is -3.77. The standard InChI is InChI=1S/C25H21ClN2O4/c26-19-10-12-21(13-11-19)31-14-5-15-32-22-9-4-6-18(16-22)17-23-24(29)27-28(25(23)30)20-7-2-1-3-8-20/h1-4,6-13,16-17H,5,14-15H2,(H,27,29)/b23-17+. The maximum atomic E-state index is 12.7. The van der Waals surface area contributed by atoms with Crippen LogP contribution in [0, 0.1) is 0 Å². The molecule has 1 saturated heterocycles. The molecule has 0 atom stereocenters. The second kappa shape index (κ2) is 10.0. The van der Waals surface area contributed by atoms with Crippen LogP contribution in [0.25, 0.3) is 6.08 Å². The van der Waals surface area contributed by atoms with Crippen LogP contribution in [0.4, 0.5) is 5.69 Å². The highest BCUT2D eigenvalue weighted by atomic mass is 35.5. The summed E-state index contributed by atoms with van der Waals surface area (Å²) in [5.74, 6) is 0.570. The van der Waals surface area contributed by atoms with E-state index in [9.17, 15) is 9.59 Å². The molecule has 6 nitrogen and oxygen atoms in total. The molecule has 0 bridgehead atoms. The third-order valence-electron chi connectivity index (χ3n) is 4.71. The van der Waals surface area contributed by atoms with Crippen molar-refractivity contribution in [2.24, 2.45) is 0 Å². The molecule has 2 amide bonds. The van der Waals surface area contributed by atoms with Gasteiger partial charge in [-0.3, -0.25) is 15.0 Å². The molecule has 0 spiro atoms. The number of hydrogen-bond acceptors (Lipinski definition) is 4. The summed E-state index contributed by atoms with van der Waals surface area (Å²) in [6.45, 7) is 0.976. The van der Waals surface area contributed by atoms with Crippen molar-refractivity contribution in [3.8, 4) is 11.5 Å². The molecule has 1 fully saturated rings. The highest BCUT2D eigenvalue weighted by Gasteiger charge is 2.34. The van der Waals surface area contributed by atoms with E-state index in [1.54, 1.807) is 48.5 Å². The minimum atomic E-state index is -0.440. The molecular weight excluding hydrogens is 428 g/mol. The summed E-state index contributed by atoms with van der Waals surface area (Å²) in [5, 5.41) is 1.91. The number of para-hydroxylation sites is 1. The molecule has 1 aliphatic heterocycles. The van der Waals surface area contributed by atoms with Crippen LogP contribution in [-0.2, 0) is 9.59 Å². The van der Waals surface area contributed by atoms with E-state index in [0.717, 1.165) is 5.75 Å². The van der Waals surface area contributed by atoms with Gasteiger partial charge in [-0.15, -0.1) is 0 Å². The van der Waals surface area contributed by atoms with E-state index >= 15 is 0 Å². The number of halogens is 1. The molecule has 0 unspecified atom stereocenters. The molecule has 7 heteroatoms. The Morgan fingerprint density at radius 3 is 2.31 bits per heavy atom. The fraction of sp³-hybridized carbons (Fsp3) is 0.120. The molecule has 0 aliphatic carbocycles. The third kappa shape index (κ3) is 5.28. The van der Waals surface area contributed by atoms with Gasteiger partial charge < -0.3 is 9.47 Å². The average Bonchev–Trinajstić information content (AvgIpc) is 3.09. The molecule has 3 aromatic carbocycles. The predicted octanol–water partition coefficient (Wildman–Crippen LogP) is 4.65. The number of hydrogen-bond donors (Lipinski definition) is 1. The third-order valence-corrected chi connectivity index (χ3v) is 4.97. The lowest BCUT2D eigenvalue weighted by Gasteiger charge is -2.13. The Morgan fingerprint density at radius 2 is 1.56 bits per heavy atom. The zero-order valence-electron chi connectivity index (χ0n) is 17.2. The number of carbonyl (C=O) groups excluding carboxylic acids is 2. The number of anilines is 1. The predicted molar refractivity (Wildman–Crippen MR) is 124 cm³/mol. The van der Waals surface area contributed by atoms with Crippen molar-refractivity contribution in [2.45, 2.75) is 6.42 Å². The number of nitrogens with one attached hydrogen (secondary N) is 1. The lowest BCUT2D eigenvalue weighted by Crippen LogP contribution is -2.35. The summed E-state index contributed by atoms with van der Waals surface area (Å²) < 4.78 is 11.4. The summed E-state index contributed by atoms with van der Waals surface area (Å²) in [6, 6.07) is 23.4. The lowest BCUT2D eigenvalue weighted by atomic mass is 10.1. The lowest BCUT2D eigenvalue weighted by molar-refractivity contribution is -0.117. The van der Waals surface area contributed by atoms with Gasteiger partial charge in [-0.1, -0.05) is 41.9 Å². The number of nitrogens with zero attached hydrogens (tertiary/aromatic N) is 1. The van der Waals surface area contributed by atoms with Crippen molar-refractivity contribution in [2.75, 3.05) is 18.2 Å². The van der Waals surface area contributed by atoms with Gasteiger partial charge in [0, 0.05) is 11.4 Å². The zero-order valence-corrected chi connectivity index (χ0v) is 17.9. The fourth-order valence-electron chi connectivity index (χ4n) is 3.15. The van der Waals surface area contributed by atoms with E-state index in [1.165, 1.54) is 5.01 Å². The SMILES string of the molecule is O=C1NN(c2ccccc2)C(=O)/C1=C/c1cccc(OCCCOc2ccc(Cl)cc2)c1. The number of carbonyl (C=O) groups is 2. The molecule has 1 aliphatic rings. The number of amides is 2. The minimum absolute atomic E-state index is 0.0716. The van der Waals surface area contributed by atoms with Crippen molar-refractivity contribution in [3.05, 3.63) is 95.0 Å². The van der Waals surface area contributed by atoms with Gasteiger partial charge in [0.15, 0.2) is 0 Å². The van der Waals surface area contributed by atoms with Gasteiger partial charge in [-0.25, -0.2) is 5.01 Å². The van der Waals surface area contributed by atoms with Crippen molar-refractivity contribution >= 4 is 35.2 Å². The van der Waals surface area contributed by atoms with Crippen LogP contribution >= 0.6 is 11.6 Å². The van der Waals surface area contributed by atoms with Gasteiger partial charge in [-0.05, 0) is 60.2 Å². The first-order valence-electron chi connectivity index (χ1n) is 10.1. The van der Waals surface area contributed by atoms with Gasteiger partial charge in [-0.2, -0.15) is 0 Å². The van der Waals surface area contributed by atoms with E-state index in [-0.39, 0.29) is 5.57 Å². The van der Waals surface area contributed by atoms with Crippen LogP contribution in [0.15, 0.2) is 84.4 Å². The molecule has 1 N–H and O–H groups in total. The van der Waals surface area contributed by atoms with E-state index in [4.69, 9.17) is 21.1 Å². The molecule has 0 radical (unpaired) electrons. The summed E-state index contributed by atoms with van der Waals surface area (Å²) >= 11 is 5.86. The Bertz CT molecular complexity index is 1130. The zero-order chi connectivity index (χ0) is 22.3.